The van der Waals surface area contributed by atoms with E-state index in [0.717, 1.165) is 5.56 Å². The quantitative estimate of drug-likeness (QED) is 0.435. The normalized spacial score (nSPS) is 10.8. The number of nitrogen functional groups attached to an aromatic ring is 1. The zero-order valence-electron chi connectivity index (χ0n) is 17.0. The molecular weight excluding hydrogens is 414 g/mol. The van der Waals surface area contributed by atoms with Crippen molar-refractivity contribution < 1.29 is 14.3 Å². The monoisotopic (exact) mass is 433 g/mol. The average Bonchev–Trinajstić information content (AvgIpc) is 3.07. The fraction of sp³-hybridized carbons (Fsp3) is 0.0833. The second kappa shape index (κ2) is 8.16. The van der Waals surface area contributed by atoms with Crippen LogP contribution in [-0.4, -0.2) is 23.2 Å². The van der Waals surface area contributed by atoms with Crippen LogP contribution in [0.4, 0.5) is 11.4 Å². The number of carbonyl (C=O) groups excluding carboxylic acids is 2. The van der Waals surface area contributed by atoms with Gasteiger partial charge in [-0.2, -0.15) is 0 Å². The molecule has 1 amide bonds. The Labute approximate surface area is 184 Å². The number of fused-ring (bicyclic) bond motifs is 1. The van der Waals surface area contributed by atoms with Gasteiger partial charge in [-0.25, -0.2) is 0 Å². The summed E-state index contributed by atoms with van der Waals surface area (Å²) in [5.74, 6) is -0.0683. The molecule has 31 heavy (non-hydrogen) atoms. The molecule has 0 aliphatic carbocycles. The number of nitrogens with zero attached hydrogens (tertiary/aromatic N) is 1. The van der Waals surface area contributed by atoms with Gasteiger partial charge in [-0.1, -0.05) is 23.7 Å². The third-order valence-corrected chi connectivity index (χ3v) is 5.36. The number of hydrogen-bond donors (Lipinski definition) is 2. The van der Waals surface area contributed by atoms with E-state index in [9.17, 15) is 9.59 Å². The lowest BCUT2D eigenvalue weighted by molar-refractivity contribution is 0.102. The Bertz CT molecular complexity index is 1310. The summed E-state index contributed by atoms with van der Waals surface area (Å²) < 4.78 is 6.80. The summed E-state index contributed by atoms with van der Waals surface area (Å²) in [5, 5.41) is 3.37. The lowest BCUT2D eigenvalue weighted by Crippen LogP contribution is -2.15. The summed E-state index contributed by atoms with van der Waals surface area (Å²) in [4.78, 5) is 26.5. The molecule has 0 unspecified atom stereocenters. The molecule has 6 nitrogen and oxygen atoms in total. The molecule has 2 heterocycles. The highest BCUT2D eigenvalue weighted by molar-refractivity contribution is 6.31. The number of rotatable bonds is 5. The molecular formula is C24H20ClN3O3. The number of ketones is 1. The van der Waals surface area contributed by atoms with Gasteiger partial charge >= 0.3 is 0 Å². The van der Waals surface area contributed by atoms with Crippen LogP contribution in [-0.2, 0) is 0 Å². The van der Waals surface area contributed by atoms with Gasteiger partial charge in [-0.05, 0) is 61.0 Å². The van der Waals surface area contributed by atoms with Crippen LogP contribution in [0.1, 0.15) is 32.0 Å². The molecule has 156 valence electrons. The first-order valence-electron chi connectivity index (χ1n) is 9.55. The maximum atomic E-state index is 13.3. The van der Waals surface area contributed by atoms with Gasteiger partial charge in [0.05, 0.1) is 23.9 Å². The van der Waals surface area contributed by atoms with E-state index in [1.54, 1.807) is 72.3 Å². The summed E-state index contributed by atoms with van der Waals surface area (Å²) in [7, 11) is 1.56. The Hall–Kier alpha value is -3.77. The number of aromatic nitrogens is 1. The SMILES string of the molecule is COc1ccc(C(=O)c2c(N)c(C(=O)Nc3cc(Cl)ccc3C)c3ccccn23)cc1. The molecule has 4 aromatic rings. The zero-order chi connectivity index (χ0) is 22.1. The van der Waals surface area contributed by atoms with E-state index in [1.807, 2.05) is 13.0 Å². The molecule has 3 N–H and O–H groups in total. The number of carbonyl (C=O) groups is 2. The number of methoxy groups -OCH3 is 1. The molecule has 0 radical (unpaired) electrons. The van der Waals surface area contributed by atoms with Crippen molar-refractivity contribution in [3.05, 3.63) is 94.3 Å². The first kappa shape index (κ1) is 20.5. The molecule has 0 spiro atoms. The van der Waals surface area contributed by atoms with Crippen molar-refractivity contribution in [1.29, 1.82) is 0 Å². The van der Waals surface area contributed by atoms with Crippen molar-refractivity contribution in [3.63, 3.8) is 0 Å². The zero-order valence-corrected chi connectivity index (χ0v) is 17.7. The van der Waals surface area contributed by atoms with Crippen LogP contribution in [0.15, 0.2) is 66.9 Å². The van der Waals surface area contributed by atoms with Crippen molar-refractivity contribution in [2.45, 2.75) is 6.92 Å². The third-order valence-electron chi connectivity index (χ3n) is 5.12. The highest BCUT2D eigenvalue weighted by Crippen LogP contribution is 2.30. The fourth-order valence-corrected chi connectivity index (χ4v) is 3.66. The molecule has 0 atom stereocenters. The van der Waals surface area contributed by atoms with Gasteiger partial charge in [-0.3, -0.25) is 9.59 Å². The topological polar surface area (TPSA) is 85.8 Å². The highest BCUT2D eigenvalue weighted by Gasteiger charge is 2.26. The van der Waals surface area contributed by atoms with Gasteiger partial charge in [0, 0.05) is 22.5 Å². The first-order chi connectivity index (χ1) is 14.9. The molecule has 0 bridgehead atoms. The van der Waals surface area contributed by atoms with Gasteiger partial charge in [0.15, 0.2) is 0 Å². The third kappa shape index (κ3) is 3.73. The Morgan fingerprint density at radius 1 is 1.06 bits per heavy atom. The lowest BCUT2D eigenvalue weighted by Gasteiger charge is -2.09. The van der Waals surface area contributed by atoms with Crippen molar-refractivity contribution in [1.82, 2.24) is 4.40 Å². The number of aryl methyl sites for hydroxylation is 1. The number of pyridine rings is 1. The van der Waals surface area contributed by atoms with Crippen molar-refractivity contribution >= 4 is 40.2 Å². The minimum Gasteiger partial charge on any atom is -0.497 e. The summed E-state index contributed by atoms with van der Waals surface area (Å²) in [6, 6.07) is 17.3. The summed E-state index contributed by atoms with van der Waals surface area (Å²) in [6.45, 7) is 1.87. The molecule has 4 rings (SSSR count). The summed E-state index contributed by atoms with van der Waals surface area (Å²) in [5.41, 5.74) is 9.37. The van der Waals surface area contributed by atoms with E-state index in [2.05, 4.69) is 5.32 Å². The first-order valence-corrected chi connectivity index (χ1v) is 9.93. The Morgan fingerprint density at radius 2 is 1.81 bits per heavy atom. The molecule has 0 aliphatic heterocycles. The van der Waals surface area contributed by atoms with E-state index in [-0.39, 0.29) is 22.7 Å². The Balaban J connectivity index is 1.80. The van der Waals surface area contributed by atoms with Gasteiger partial charge in [0.2, 0.25) is 5.78 Å². The lowest BCUT2D eigenvalue weighted by atomic mass is 10.1. The van der Waals surface area contributed by atoms with Gasteiger partial charge in [0.1, 0.15) is 11.4 Å². The average molecular weight is 434 g/mol. The van der Waals surface area contributed by atoms with E-state index in [4.69, 9.17) is 22.1 Å². The van der Waals surface area contributed by atoms with Crippen LogP contribution >= 0.6 is 11.6 Å². The maximum Gasteiger partial charge on any atom is 0.259 e. The van der Waals surface area contributed by atoms with Gasteiger partial charge in [0.25, 0.3) is 5.91 Å². The Kier molecular flexibility index (Phi) is 5.40. The van der Waals surface area contributed by atoms with Crippen molar-refractivity contribution in [3.8, 4) is 5.75 Å². The summed E-state index contributed by atoms with van der Waals surface area (Å²) in [6.07, 6.45) is 1.71. The van der Waals surface area contributed by atoms with Crippen molar-refractivity contribution in [2.75, 3.05) is 18.2 Å². The van der Waals surface area contributed by atoms with Crippen LogP contribution in [0.2, 0.25) is 5.02 Å². The maximum absolute atomic E-state index is 13.3. The number of ether oxygens (including phenoxy) is 1. The summed E-state index contributed by atoms with van der Waals surface area (Å²) >= 11 is 6.07. The van der Waals surface area contributed by atoms with Crippen LogP contribution in [0, 0.1) is 6.92 Å². The second-order valence-electron chi connectivity index (χ2n) is 7.06. The van der Waals surface area contributed by atoms with Crippen LogP contribution in [0.5, 0.6) is 5.75 Å². The minimum absolute atomic E-state index is 0.115. The van der Waals surface area contributed by atoms with Crippen LogP contribution < -0.4 is 15.8 Å². The number of nitrogens with one attached hydrogen (secondary N) is 1. The Morgan fingerprint density at radius 3 is 2.52 bits per heavy atom. The molecule has 2 aromatic heterocycles. The van der Waals surface area contributed by atoms with Gasteiger partial charge < -0.3 is 20.2 Å². The van der Waals surface area contributed by atoms with E-state index >= 15 is 0 Å². The molecule has 0 saturated heterocycles. The molecule has 7 heteroatoms. The van der Waals surface area contributed by atoms with Crippen molar-refractivity contribution in [2.24, 2.45) is 0 Å². The van der Waals surface area contributed by atoms with Crippen LogP contribution in [0.3, 0.4) is 0 Å². The number of anilines is 2. The van der Waals surface area contributed by atoms with E-state index in [1.165, 1.54) is 0 Å². The second-order valence-corrected chi connectivity index (χ2v) is 7.50. The molecule has 0 aliphatic rings. The van der Waals surface area contributed by atoms with E-state index < -0.39 is 5.91 Å². The minimum atomic E-state index is -0.416. The number of benzene rings is 2. The van der Waals surface area contributed by atoms with Crippen LogP contribution in [0.25, 0.3) is 5.52 Å². The largest absolute Gasteiger partial charge is 0.497 e. The molecule has 0 fully saturated rings. The predicted octanol–water partition coefficient (Wildman–Crippen LogP) is 4.98. The fourth-order valence-electron chi connectivity index (χ4n) is 3.49. The smallest absolute Gasteiger partial charge is 0.259 e. The number of nitrogens with two attached hydrogens (primary N) is 1. The standard InChI is InChI=1S/C24H20ClN3O3/c1-14-6-9-16(25)13-18(14)27-24(30)20-19-5-3-4-12-28(19)22(21(20)26)23(29)15-7-10-17(31-2)11-8-15/h3-13H,26H2,1-2H3,(H,27,30). The number of hydrogen-bond acceptors (Lipinski definition) is 4. The molecule has 0 saturated carbocycles. The molecule has 2 aromatic carbocycles. The number of halogens is 1. The highest BCUT2D eigenvalue weighted by atomic mass is 35.5. The number of amides is 1. The van der Waals surface area contributed by atoms with Gasteiger partial charge in [-0.15, -0.1) is 0 Å². The predicted molar refractivity (Wildman–Crippen MR) is 122 cm³/mol. The van der Waals surface area contributed by atoms with E-state index in [0.29, 0.717) is 27.5 Å².